The minimum atomic E-state index is -1.35. The van der Waals surface area contributed by atoms with Gasteiger partial charge in [-0.05, 0) is 26.2 Å². The Bertz CT molecular complexity index is 623. The van der Waals surface area contributed by atoms with Gasteiger partial charge in [0.25, 0.3) is 0 Å². The van der Waals surface area contributed by atoms with E-state index >= 15 is 0 Å². The van der Waals surface area contributed by atoms with Gasteiger partial charge in [-0.2, -0.15) is 0 Å². The van der Waals surface area contributed by atoms with Crippen LogP contribution >= 0.6 is 0 Å². The molecule has 0 radical (unpaired) electrons. The van der Waals surface area contributed by atoms with Crippen LogP contribution in [-0.4, -0.2) is 70.1 Å². The zero-order chi connectivity index (χ0) is 22.9. The molecule has 0 rings (SSSR count). The number of hydrogen-bond acceptors (Lipinski definition) is 7. The van der Waals surface area contributed by atoms with Crippen LogP contribution in [-0.2, 0) is 24.0 Å². The highest BCUT2D eigenvalue weighted by Gasteiger charge is 2.30. The number of carbonyl (C=O) groups is 5. The first-order chi connectivity index (χ1) is 13.3. The van der Waals surface area contributed by atoms with Crippen LogP contribution in [0.2, 0.25) is 0 Å². The van der Waals surface area contributed by atoms with Gasteiger partial charge in [-0.25, -0.2) is 4.79 Å². The summed E-state index contributed by atoms with van der Waals surface area (Å²) in [5, 5.41) is 25.5. The smallest absolute Gasteiger partial charge is 0.326 e. The van der Waals surface area contributed by atoms with Crippen molar-refractivity contribution in [2.45, 2.75) is 70.8 Å². The molecule has 0 aromatic heterocycles. The maximum absolute atomic E-state index is 12.5. The van der Waals surface area contributed by atoms with E-state index in [0.717, 1.165) is 0 Å². The lowest BCUT2D eigenvalue weighted by Crippen LogP contribution is -2.58. The largest absolute Gasteiger partial charge is 0.480 e. The van der Waals surface area contributed by atoms with Crippen molar-refractivity contribution in [3.05, 3.63) is 0 Å². The minimum Gasteiger partial charge on any atom is -0.480 e. The summed E-state index contributed by atoms with van der Waals surface area (Å²) >= 11 is 0. The van der Waals surface area contributed by atoms with E-state index < -0.39 is 59.9 Å². The summed E-state index contributed by atoms with van der Waals surface area (Å²) < 4.78 is 0. The lowest BCUT2D eigenvalue weighted by atomic mass is 10.0. The maximum atomic E-state index is 12.5. The van der Waals surface area contributed by atoms with Crippen LogP contribution in [0.25, 0.3) is 0 Å². The molecule has 12 nitrogen and oxygen atoms in total. The molecule has 12 heteroatoms. The van der Waals surface area contributed by atoms with Gasteiger partial charge in [0, 0.05) is 6.42 Å². The van der Waals surface area contributed by atoms with E-state index in [0.29, 0.717) is 0 Å². The fraction of sp³-hybridized carbons (Fsp3) is 0.706. The standard InChI is InChI=1S/C17H31N5O7/c1-7(2)13(22-15(26)12(19)9(4)23)16(27)20-8(3)14(25)21-10(17(28)29)5-6-11(18)24/h7-10,12-13,23H,5-6,19H2,1-4H3,(H2,18,24)(H,20,27)(H,21,25)(H,22,26)(H,28,29). The van der Waals surface area contributed by atoms with Gasteiger partial charge in [-0.1, -0.05) is 13.8 Å². The van der Waals surface area contributed by atoms with Gasteiger partial charge in [0.15, 0.2) is 0 Å². The number of amides is 4. The molecule has 0 heterocycles. The minimum absolute atomic E-state index is 0.195. The third-order valence-corrected chi connectivity index (χ3v) is 4.12. The highest BCUT2D eigenvalue weighted by molar-refractivity contribution is 5.94. The Morgan fingerprint density at radius 3 is 1.86 bits per heavy atom. The van der Waals surface area contributed by atoms with Crippen LogP contribution in [0.5, 0.6) is 0 Å². The molecule has 5 atom stereocenters. The quantitative estimate of drug-likeness (QED) is 0.175. The van der Waals surface area contributed by atoms with E-state index in [1.807, 2.05) is 0 Å². The molecular formula is C17H31N5O7. The Labute approximate surface area is 168 Å². The lowest BCUT2D eigenvalue weighted by Gasteiger charge is -2.26. The van der Waals surface area contributed by atoms with Crippen LogP contribution in [0.3, 0.4) is 0 Å². The molecule has 0 saturated heterocycles. The van der Waals surface area contributed by atoms with Crippen LogP contribution in [0.4, 0.5) is 0 Å². The number of aliphatic hydroxyl groups is 1. The predicted octanol–water partition coefficient (Wildman–Crippen LogP) is -2.83. The molecule has 0 aliphatic heterocycles. The van der Waals surface area contributed by atoms with Gasteiger partial charge in [-0.15, -0.1) is 0 Å². The molecule has 0 bridgehead atoms. The van der Waals surface area contributed by atoms with Crippen molar-refractivity contribution in [2.24, 2.45) is 17.4 Å². The van der Waals surface area contributed by atoms with Gasteiger partial charge in [0.2, 0.25) is 23.6 Å². The molecule has 29 heavy (non-hydrogen) atoms. The molecule has 0 aliphatic rings. The molecule has 5 unspecified atom stereocenters. The molecule has 9 N–H and O–H groups in total. The fourth-order valence-electron chi connectivity index (χ4n) is 2.21. The number of nitrogens with two attached hydrogens (primary N) is 2. The molecule has 166 valence electrons. The number of aliphatic hydroxyl groups excluding tert-OH is 1. The third-order valence-electron chi connectivity index (χ3n) is 4.12. The van der Waals surface area contributed by atoms with Crippen LogP contribution in [0, 0.1) is 5.92 Å². The molecule has 0 spiro atoms. The molecule has 0 aromatic carbocycles. The SMILES string of the molecule is CC(NC(=O)C(NC(=O)C(N)C(C)O)C(C)C)C(=O)NC(CCC(N)=O)C(=O)O. The summed E-state index contributed by atoms with van der Waals surface area (Å²) in [7, 11) is 0. The number of primary amides is 1. The van der Waals surface area contributed by atoms with E-state index in [1.165, 1.54) is 13.8 Å². The topological polar surface area (TPSA) is 214 Å². The van der Waals surface area contributed by atoms with Crippen LogP contribution in [0.15, 0.2) is 0 Å². The molecule has 0 fully saturated rings. The highest BCUT2D eigenvalue weighted by atomic mass is 16.4. The summed E-state index contributed by atoms with van der Waals surface area (Å²) in [5.74, 6) is -4.63. The van der Waals surface area contributed by atoms with E-state index in [-0.39, 0.29) is 18.8 Å². The maximum Gasteiger partial charge on any atom is 0.326 e. The Kier molecular flexibility index (Phi) is 10.8. The van der Waals surface area contributed by atoms with Crippen molar-refractivity contribution in [1.29, 1.82) is 0 Å². The van der Waals surface area contributed by atoms with E-state index in [1.54, 1.807) is 13.8 Å². The normalized spacial score (nSPS) is 16.1. The number of rotatable bonds is 12. The second-order valence-electron chi connectivity index (χ2n) is 7.13. The van der Waals surface area contributed by atoms with E-state index in [9.17, 15) is 29.1 Å². The Balaban J connectivity index is 4.99. The van der Waals surface area contributed by atoms with Crippen LogP contribution < -0.4 is 27.4 Å². The van der Waals surface area contributed by atoms with Crippen LogP contribution in [0.1, 0.15) is 40.5 Å². The number of hydrogen-bond donors (Lipinski definition) is 7. The zero-order valence-electron chi connectivity index (χ0n) is 17.0. The zero-order valence-corrected chi connectivity index (χ0v) is 17.0. The lowest BCUT2D eigenvalue weighted by molar-refractivity contribution is -0.142. The van der Waals surface area contributed by atoms with Gasteiger partial charge in [0.1, 0.15) is 24.2 Å². The second kappa shape index (κ2) is 12.0. The van der Waals surface area contributed by atoms with Gasteiger partial charge in [-0.3, -0.25) is 19.2 Å². The number of nitrogens with one attached hydrogen (secondary N) is 3. The average Bonchev–Trinajstić information content (AvgIpc) is 2.60. The second-order valence-corrected chi connectivity index (χ2v) is 7.13. The first kappa shape index (κ1) is 26.3. The van der Waals surface area contributed by atoms with Crippen molar-refractivity contribution in [2.75, 3.05) is 0 Å². The Hall–Kier alpha value is -2.73. The number of carbonyl (C=O) groups excluding carboxylic acids is 4. The monoisotopic (exact) mass is 417 g/mol. The summed E-state index contributed by atoms with van der Waals surface area (Å²) in [6, 6.07) is -4.74. The predicted molar refractivity (Wildman–Crippen MR) is 102 cm³/mol. The fourth-order valence-corrected chi connectivity index (χ4v) is 2.21. The first-order valence-electron chi connectivity index (χ1n) is 9.13. The van der Waals surface area contributed by atoms with Gasteiger partial charge < -0.3 is 37.6 Å². The summed E-state index contributed by atoms with van der Waals surface area (Å²) in [4.78, 5) is 58.7. The third kappa shape index (κ3) is 9.34. The summed E-state index contributed by atoms with van der Waals surface area (Å²) in [6.07, 6.45) is -1.55. The molecular weight excluding hydrogens is 386 g/mol. The van der Waals surface area contributed by atoms with Gasteiger partial charge >= 0.3 is 5.97 Å². The number of carboxylic acids is 1. The Morgan fingerprint density at radius 1 is 0.897 bits per heavy atom. The van der Waals surface area contributed by atoms with Gasteiger partial charge in [0.05, 0.1) is 6.10 Å². The van der Waals surface area contributed by atoms with Crippen molar-refractivity contribution < 1.29 is 34.2 Å². The van der Waals surface area contributed by atoms with Crippen molar-refractivity contribution in [1.82, 2.24) is 16.0 Å². The van der Waals surface area contributed by atoms with Crippen molar-refractivity contribution >= 4 is 29.6 Å². The molecule has 0 saturated carbocycles. The average molecular weight is 417 g/mol. The van der Waals surface area contributed by atoms with Crippen molar-refractivity contribution in [3.63, 3.8) is 0 Å². The van der Waals surface area contributed by atoms with E-state index in [2.05, 4.69) is 16.0 Å². The molecule has 0 aliphatic carbocycles. The summed E-state index contributed by atoms with van der Waals surface area (Å²) in [5.41, 5.74) is 10.5. The Morgan fingerprint density at radius 2 is 1.45 bits per heavy atom. The number of carboxylic acid groups (broad SMARTS) is 1. The molecule has 0 aromatic rings. The number of aliphatic carboxylic acids is 1. The highest BCUT2D eigenvalue weighted by Crippen LogP contribution is 2.04. The van der Waals surface area contributed by atoms with E-state index in [4.69, 9.17) is 16.6 Å². The molecule has 4 amide bonds. The summed E-state index contributed by atoms with van der Waals surface area (Å²) in [6.45, 7) is 5.99. The first-order valence-corrected chi connectivity index (χ1v) is 9.13. The van der Waals surface area contributed by atoms with Crippen molar-refractivity contribution in [3.8, 4) is 0 Å².